The molecule has 0 bridgehead atoms. The fourth-order valence-electron chi connectivity index (χ4n) is 1.80. The highest BCUT2D eigenvalue weighted by Gasteiger charge is 2.15. The van der Waals surface area contributed by atoms with Crippen molar-refractivity contribution in [3.8, 4) is 11.5 Å². The Morgan fingerprint density at radius 1 is 1.27 bits per heavy atom. The van der Waals surface area contributed by atoms with Gasteiger partial charge >= 0.3 is 0 Å². The van der Waals surface area contributed by atoms with Gasteiger partial charge in [-0.3, -0.25) is 4.79 Å². The molecule has 0 aliphatic heterocycles. The molecule has 2 aromatic carbocycles. The van der Waals surface area contributed by atoms with Crippen LogP contribution in [0.1, 0.15) is 28.1 Å². The first kappa shape index (κ1) is 17.4. The number of benzene rings is 2. The molecule has 3 nitrogen and oxygen atoms in total. The summed E-state index contributed by atoms with van der Waals surface area (Å²) < 4.78 is 12.0. The predicted molar refractivity (Wildman–Crippen MR) is 99.2 cm³/mol. The van der Waals surface area contributed by atoms with E-state index in [-0.39, 0.29) is 5.25 Å². The van der Waals surface area contributed by atoms with Crippen molar-refractivity contribution in [3.05, 3.63) is 56.1 Å². The summed E-state index contributed by atoms with van der Waals surface area (Å²) in [5, 5.41) is 0.839. The van der Waals surface area contributed by atoms with Gasteiger partial charge in [0.1, 0.15) is 6.29 Å². The molecule has 0 aliphatic carbocycles. The van der Waals surface area contributed by atoms with Gasteiger partial charge < -0.3 is 8.92 Å². The lowest BCUT2D eigenvalue weighted by atomic mass is 10.2. The number of carbonyl (C=O) groups is 1. The maximum Gasteiger partial charge on any atom is 0.192 e. The zero-order valence-electron chi connectivity index (χ0n) is 12.0. The maximum atomic E-state index is 10.9. The van der Waals surface area contributed by atoms with Gasteiger partial charge in [-0.2, -0.15) is 0 Å². The van der Waals surface area contributed by atoms with Crippen LogP contribution in [0.25, 0.3) is 0 Å². The van der Waals surface area contributed by atoms with Crippen molar-refractivity contribution in [3.63, 3.8) is 0 Å². The summed E-state index contributed by atoms with van der Waals surface area (Å²) in [6.45, 7) is 2.05. The third-order valence-corrected chi connectivity index (χ3v) is 4.88. The van der Waals surface area contributed by atoms with Gasteiger partial charge in [0.2, 0.25) is 0 Å². The number of aldehydes is 1. The van der Waals surface area contributed by atoms with Crippen LogP contribution in [0.15, 0.2) is 36.4 Å². The molecule has 2 aromatic rings. The highest BCUT2D eigenvalue weighted by Crippen LogP contribution is 2.39. The Labute approximate surface area is 152 Å². The molecule has 116 valence electrons. The topological polar surface area (TPSA) is 35.5 Å². The van der Waals surface area contributed by atoms with Crippen molar-refractivity contribution in [2.75, 3.05) is 7.11 Å². The standard InChI is InChI=1S/C16H14ClIO3S/c1-10(12-3-5-13(17)6-4-12)22-21-16-14(18)7-11(9-19)8-15(16)20-2/h3-10H,1-2H3. The lowest BCUT2D eigenvalue weighted by Crippen LogP contribution is -1.97. The molecule has 22 heavy (non-hydrogen) atoms. The van der Waals surface area contributed by atoms with E-state index in [1.54, 1.807) is 19.2 Å². The van der Waals surface area contributed by atoms with E-state index in [4.69, 9.17) is 20.5 Å². The molecule has 0 radical (unpaired) electrons. The predicted octanol–water partition coefficient (Wildman–Crippen LogP) is 5.55. The Bertz CT molecular complexity index is 661. The van der Waals surface area contributed by atoms with E-state index < -0.39 is 0 Å². The minimum atomic E-state index is 0.128. The Morgan fingerprint density at radius 3 is 2.55 bits per heavy atom. The molecule has 0 aliphatic rings. The van der Waals surface area contributed by atoms with Gasteiger partial charge in [0.25, 0.3) is 0 Å². The molecule has 2 rings (SSSR count). The van der Waals surface area contributed by atoms with Gasteiger partial charge in [-0.1, -0.05) is 23.7 Å². The second kappa shape index (κ2) is 8.08. The van der Waals surface area contributed by atoms with Crippen LogP contribution in [0.2, 0.25) is 5.02 Å². The van der Waals surface area contributed by atoms with E-state index in [0.717, 1.165) is 15.4 Å². The van der Waals surface area contributed by atoms with E-state index in [0.29, 0.717) is 22.1 Å². The maximum absolute atomic E-state index is 10.9. The molecule has 0 heterocycles. The van der Waals surface area contributed by atoms with Crippen molar-refractivity contribution in [1.29, 1.82) is 0 Å². The largest absolute Gasteiger partial charge is 0.493 e. The second-order valence-electron chi connectivity index (χ2n) is 4.53. The Morgan fingerprint density at radius 2 is 1.95 bits per heavy atom. The van der Waals surface area contributed by atoms with Gasteiger partial charge in [0.15, 0.2) is 11.5 Å². The van der Waals surface area contributed by atoms with Crippen LogP contribution in [0, 0.1) is 3.57 Å². The van der Waals surface area contributed by atoms with E-state index in [9.17, 15) is 4.79 Å². The highest BCUT2D eigenvalue weighted by atomic mass is 127. The Kier molecular flexibility index (Phi) is 6.40. The molecule has 0 aromatic heterocycles. The number of ether oxygens (including phenoxy) is 1. The summed E-state index contributed by atoms with van der Waals surface area (Å²) in [5.74, 6) is 1.17. The SMILES string of the molecule is COc1cc(C=O)cc(I)c1OSC(C)c1ccc(Cl)cc1. The molecular formula is C16H14ClIO3S. The summed E-state index contributed by atoms with van der Waals surface area (Å²) in [5.41, 5.74) is 1.68. The molecule has 1 atom stereocenters. The zero-order chi connectivity index (χ0) is 16.1. The van der Waals surface area contributed by atoms with Crippen molar-refractivity contribution < 1.29 is 13.7 Å². The summed E-state index contributed by atoms with van der Waals surface area (Å²) >= 11 is 9.35. The van der Waals surface area contributed by atoms with Crippen LogP contribution >= 0.6 is 46.2 Å². The van der Waals surface area contributed by atoms with Gasteiger partial charge in [-0.05, 0) is 59.3 Å². The van der Waals surface area contributed by atoms with Crippen LogP contribution in [0.3, 0.4) is 0 Å². The molecular weight excluding hydrogens is 435 g/mol. The van der Waals surface area contributed by atoms with E-state index in [1.165, 1.54) is 12.0 Å². The van der Waals surface area contributed by atoms with Crippen LogP contribution in [0.5, 0.6) is 11.5 Å². The molecule has 0 spiro atoms. The molecule has 0 saturated carbocycles. The minimum Gasteiger partial charge on any atom is -0.493 e. The molecule has 0 saturated heterocycles. The highest BCUT2D eigenvalue weighted by molar-refractivity contribution is 14.1. The van der Waals surface area contributed by atoms with Gasteiger partial charge in [0, 0.05) is 10.6 Å². The quantitative estimate of drug-likeness (QED) is 0.329. The minimum absolute atomic E-state index is 0.128. The first-order valence-corrected chi connectivity index (χ1v) is 8.72. The van der Waals surface area contributed by atoms with Gasteiger partial charge in [0.05, 0.1) is 28.0 Å². The van der Waals surface area contributed by atoms with Crippen LogP contribution in [-0.2, 0) is 0 Å². The average molecular weight is 449 g/mol. The lowest BCUT2D eigenvalue weighted by Gasteiger charge is -2.15. The average Bonchev–Trinajstić information content (AvgIpc) is 2.53. The molecule has 0 fully saturated rings. The normalized spacial score (nSPS) is 11.8. The first-order chi connectivity index (χ1) is 10.5. The number of hydrogen-bond acceptors (Lipinski definition) is 4. The monoisotopic (exact) mass is 448 g/mol. The summed E-state index contributed by atoms with van der Waals surface area (Å²) in [4.78, 5) is 10.9. The van der Waals surface area contributed by atoms with E-state index in [1.807, 2.05) is 31.2 Å². The van der Waals surface area contributed by atoms with E-state index in [2.05, 4.69) is 22.6 Å². The lowest BCUT2D eigenvalue weighted by molar-refractivity contribution is 0.112. The van der Waals surface area contributed by atoms with Gasteiger partial charge in [-0.25, -0.2) is 0 Å². The molecule has 1 unspecified atom stereocenters. The Hall–Kier alpha value is -0.920. The number of hydrogen-bond donors (Lipinski definition) is 0. The number of carbonyl (C=O) groups excluding carboxylic acids is 1. The van der Waals surface area contributed by atoms with Crippen molar-refractivity contribution in [2.24, 2.45) is 0 Å². The molecule has 0 amide bonds. The van der Waals surface area contributed by atoms with Gasteiger partial charge in [-0.15, -0.1) is 0 Å². The third-order valence-electron chi connectivity index (χ3n) is 3.00. The van der Waals surface area contributed by atoms with Crippen molar-refractivity contribution in [2.45, 2.75) is 12.2 Å². The molecule has 0 N–H and O–H groups in total. The summed E-state index contributed by atoms with van der Waals surface area (Å²) in [6.07, 6.45) is 0.790. The van der Waals surface area contributed by atoms with Crippen LogP contribution in [0.4, 0.5) is 0 Å². The van der Waals surface area contributed by atoms with E-state index >= 15 is 0 Å². The first-order valence-electron chi connectivity index (χ1n) is 6.46. The van der Waals surface area contributed by atoms with Crippen molar-refractivity contribution in [1.82, 2.24) is 0 Å². The second-order valence-corrected chi connectivity index (χ2v) is 7.19. The van der Waals surface area contributed by atoms with Crippen LogP contribution < -0.4 is 8.92 Å². The summed E-state index contributed by atoms with van der Waals surface area (Å²) in [7, 11) is 1.56. The zero-order valence-corrected chi connectivity index (χ0v) is 15.7. The fraction of sp³-hybridized carbons (Fsp3) is 0.188. The smallest absolute Gasteiger partial charge is 0.192 e. The number of methoxy groups -OCH3 is 1. The fourth-order valence-corrected chi connectivity index (χ4v) is 3.49. The van der Waals surface area contributed by atoms with Crippen molar-refractivity contribution >= 4 is 52.5 Å². The molecule has 6 heteroatoms. The number of rotatable bonds is 6. The number of halogens is 2. The third kappa shape index (κ3) is 4.30. The van der Waals surface area contributed by atoms with Crippen LogP contribution in [-0.4, -0.2) is 13.4 Å². The Balaban J connectivity index is 2.13. The summed E-state index contributed by atoms with van der Waals surface area (Å²) in [6, 6.07) is 11.1.